The Labute approximate surface area is 178 Å². The third-order valence-electron chi connectivity index (χ3n) is 5.58. The van der Waals surface area contributed by atoms with E-state index in [1.165, 1.54) is 0 Å². The molecular formula is C20H20Cl2N4O3. The molecular weight excluding hydrogens is 415 g/mol. The number of fused-ring (bicyclic) bond motifs is 1. The summed E-state index contributed by atoms with van der Waals surface area (Å²) in [5.41, 5.74) is 0.337. The maximum Gasteiger partial charge on any atom is 0.338 e. The van der Waals surface area contributed by atoms with Crippen LogP contribution in [0.3, 0.4) is 0 Å². The lowest BCUT2D eigenvalue weighted by Gasteiger charge is -2.33. The average molecular weight is 435 g/mol. The SMILES string of the molecule is CC[C@H]1O[C@@H](n2cnc3c(Cl)nc(Cl)nc32)[C@](C)(OC(=O)c2ccccc2)[C@@H]1C. The molecule has 7 nitrogen and oxygen atoms in total. The van der Waals surface area contributed by atoms with Crippen LogP contribution in [-0.2, 0) is 9.47 Å². The van der Waals surface area contributed by atoms with Gasteiger partial charge in [-0.05, 0) is 37.1 Å². The second kappa shape index (κ2) is 7.55. The molecule has 3 aromatic rings. The molecule has 0 amide bonds. The van der Waals surface area contributed by atoms with Gasteiger partial charge in [-0.3, -0.25) is 4.57 Å². The molecule has 9 heteroatoms. The number of hydrogen-bond acceptors (Lipinski definition) is 6. The van der Waals surface area contributed by atoms with Gasteiger partial charge >= 0.3 is 5.97 Å². The quantitative estimate of drug-likeness (QED) is 0.336. The fourth-order valence-electron chi connectivity index (χ4n) is 3.81. The van der Waals surface area contributed by atoms with E-state index in [4.69, 9.17) is 32.7 Å². The lowest BCUT2D eigenvalue weighted by Crippen LogP contribution is -2.43. The highest BCUT2D eigenvalue weighted by Crippen LogP contribution is 2.47. The van der Waals surface area contributed by atoms with Crippen molar-refractivity contribution in [3.8, 4) is 0 Å². The Morgan fingerprint density at radius 2 is 2.00 bits per heavy atom. The zero-order chi connectivity index (χ0) is 20.8. The van der Waals surface area contributed by atoms with Gasteiger partial charge in [0.25, 0.3) is 0 Å². The summed E-state index contributed by atoms with van der Waals surface area (Å²) in [5.74, 6) is -0.490. The number of ether oxygens (including phenoxy) is 2. The van der Waals surface area contributed by atoms with Gasteiger partial charge < -0.3 is 9.47 Å². The van der Waals surface area contributed by atoms with Crippen molar-refractivity contribution in [3.05, 3.63) is 52.7 Å². The summed E-state index contributed by atoms with van der Waals surface area (Å²) >= 11 is 12.2. The van der Waals surface area contributed by atoms with Gasteiger partial charge in [-0.25, -0.2) is 14.8 Å². The Hall–Kier alpha value is -2.22. The minimum absolute atomic E-state index is 0.00493. The van der Waals surface area contributed by atoms with Gasteiger partial charge in [0.05, 0.1) is 18.0 Å². The molecule has 1 aliphatic heterocycles. The molecule has 1 fully saturated rings. The normalized spacial score (nSPS) is 26.7. The van der Waals surface area contributed by atoms with Crippen LogP contribution in [0.1, 0.15) is 43.8 Å². The number of halogens is 2. The van der Waals surface area contributed by atoms with E-state index in [1.807, 2.05) is 26.8 Å². The highest BCUT2D eigenvalue weighted by Gasteiger charge is 2.55. The second-order valence-electron chi connectivity index (χ2n) is 7.27. The molecule has 3 heterocycles. The molecule has 0 spiro atoms. The fourth-order valence-corrected chi connectivity index (χ4v) is 4.23. The monoisotopic (exact) mass is 434 g/mol. The van der Waals surface area contributed by atoms with Crippen LogP contribution in [0, 0.1) is 5.92 Å². The van der Waals surface area contributed by atoms with E-state index in [-0.39, 0.29) is 22.5 Å². The maximum absolute atomic E-state index is 12.9. The molecule has 0 saturated carbocycles. The van der Waals surface area contributed by atoms with Crippen molar-refractivity contribution in [1.29, 1.82) is 0 Å². The number of nitrogens with zero attached hydrogens (tertiary/aromatic N) is 4. The van der Waals surface area contributed by atoms with Gasteiger partial charge in [-0.2, -0.15) is 4.98 Å². The molecule has 4 atom stereocenters. The first-order valence-corrected chi connectivity index (χ1v) is 10.1. The minimum Gasteiger partial charge on any atom is -0.451 e. The second-order valence-corrected chi connectivity index (χ2v) is 7.97. The van der Waals surface area contributed by atoms with Crippen LogP contribution in [0.15, 0.2) is 36.7 Å². The summed E-state index contributed by atoms with van der Waals surface area (Å²) in [5, 5.41) is 0.158. The van der Waals surface area contributed by atoms with Gasteiger partial charge in [0.15, 0.2) is 22.6 Å². The predicted molar refractivity (Wildman–Crippen MR) is 109 cm³/mol. The van der Waals surface area contributed by atoms with E-state index >= 15 is 0 Å². The molecule has 29 heavy (non-hydrogen) atoms. The topological polar surface area (TPSA) is 79.1 Å². The van der Waals surface area contributed by atoms with Gasteiger partial charge in [-0.15, -0.1) is 0 Å². The minimum atomic E-state index is -0.967. The number of imidazole rings is 1. The van der Waals surface area contributed by atoms with Crippen molar-refractivity contribution in [2.24, 2.45) is 5.92 Å². The van der Waals surface area contributed by atoms with Crippen molar-refractivity contribution >= 4 is 40.3 Å². The molecule has 1 aliphatic rings. The number of rotatable bonds is 4. The maximum atomic E-state index is 12.9. The lowest BCUT2D eigenvalue weighted by atomic mass is 9.86. The highest BCUT2D eigenvalue weighted by atomic mass is 35.5. The summed E-state index contributed by atoms with van der Waals surface area (Å²) in [4.78, 5) is 25.4. The Bertz CT molecular complexity index is 1060. The van der Waals surface area contributed by atoms with Crippen LogP contribution >= 0.6 is 23.2 Å². The van der Waals surface area contributed by atoms with Crippen molar-refractivity contribution in [2.75, 3.05) is 0 Å². The Morgan fingerprint density at radius 3 is 2.69 bits per heavy atom. The van der Waals surface area contributed by atoms with Crippen LogP contribution in [0.4, 0.5) is 0 Å². The Morgan fingerprint density at radius 1 is 1.28 bits per heavy atom. The zero-order valence-corrected chi connectivity index (χ0v) is 17.7. The molecule has 0 radical (unpaired) electrons. The standard InChI is InChI=1S/C20H20Cl2N4O3/c1-4-13-11(2)20(3,29-17(27)12-8-6-5-7-9-12)18(28-13)26-10-23-14-15(21)24-19(22)25-16(14)26/h5-11,13,18H,4H2,1-3H3/t11-,13-,18-,20-/m1/s1. The van der Waals surface area contributed by atoms with Crippen LogP contribution in [0.25, 0.3) is 11.2 Å². The predicted octanol–water partition coefficient (Wildman–Crippen LogP) is 4.69. The van der Waals surface area contributed by atoms with Gasteiger partial charge in [-0.1, -0.05) is 43.6 Å². The Kier molecular flexibility index (Phi) is 5.23. The smallest absolute Gasteiger partial charge is 0.338 e. The molecule has 1 aromatic carbocycles. The third kappa shape index (κ3) is 3.37. The van der Waals surface area contributed by atoms with Gasteiger partial charge in [0, 0.05) is 5.92 Å². The number of carbonyl (C=O) groups is 1. The van der Waals surface area contributed by atoms with Crippen molar-refractivity contribution in [3.63, 3.8) is 0 Å². The molecule has 0 N–H and O–H groups in total. The summed E-state index contributed by atoms with van der Waals surface area (Å²) in [6.07, 6.45) is 1.56. The highest BCUT2D eigenvalue weighted by molar-refractivity contribution is 6.35. The van der Waals surface area contributed by atoms with Crippen molar-refractivity contribution < 1.29 is 14.3 Å². The molecule has 0 bridgehead atoms. The van der Waals surface area contributed by atoms with Crippen molar-refractivity contribution in [1.82, 2.24) is 19.5 Å². The van der Waals surface area contributed by atoms with E-state index < -0.39 is 17.8 Å². The summed E-state index contributed by atoms with van der Waals surface area (Å²) < 4.78 is 14.1. The van der Waals surface area contributed by atoms with Crippen LogP contribution in [-0.4, -0.2) is 37.2 Å². The largest absolute Gasteiger partial charge is 0.451 e. The first kappa shape index (κ1) is 20.1. The molecule has 4 rings (SSSR count). The summed E-state index contributed by atoms with van der Waals surface area (Å²) in [6.45, 7) is 5.92. The summed E-state index contributed by atoms with van der Waals surface area (Å²) in [7, 11) is 0. The number of esters is 1. The number of carbonyl (C=O) groups excluding carboxylic acids is 1. The number of hydrogen-bond donors (Lipinski definition) is 0. The average Bonchev–Trinajstić information content (AvgIpc) is 3.22. The van der Waals surface area contributed by atoms with Gasteiger partial charge in [0.1, 0.15) is 5.52 Å². The van der Waals surface area contributed by atoms with Gasteiger partial charge in [0.2, 0.25) is 5.28 Å². The zero-order valence-electron chi connectivity index (χ0n) is 16.2. The fraction of sp³-hybridized carbons (Fsp3) is 0.400. The molecule has 1 saturated heterocycles. The summed E-state index contributed by atoms with van der Waals surface area (Å²) in [6, 6.07) is 8.88. The van der Waals surface area contributed by atoms with E-state index in [9.17, 15) is 4.79 Å². The lowest BCUT2D eigenvalue weighted by molar-refractivity contribution is -0.0947. The van der Waals surface area contributed by atoms with E-state index in [1.54, 1.807) is 35.2 Å². The van der Waals surface area contributed by atoms with Crippen molar-refractivity contribution in [2.45, 2.75) is 45.1 Å². The van der Waals surface area contributed by atoms with E-state index in [0.29, 0.717) is 16.7 Å². The van der Waals surface area contributed by atoms with Crippen LogP contribution < -0.4 is 0 Å². The molecule has 0 unspecified atom stereocenters. The van der Waals surface area contributed by atoms with Crippen LogP contribution in [0.2, 0.25) is 10.4 Å². The third-order valence-corrected chi connectivity index (χ3v) is 6.02. The first-order chi connectivity index (χ1) is 13.8. The van der Waals surface area contributed by atoms with E-state index in [2.05, 4.69) is 15.0 Å². The van der Waals surface area contributed by atoms with E-state index in [0.717, 1.165) is 6.42 Å². The molecule has 2 aromatic heterocycles. The van der Waals surface area contributed by atoms with Crippen LogP contribution in [0.5, 0.6) is 0 Å². The number of benzene rings is 1. The first-order valence-electron chi connectivity index (χ1n) is 9.34. The molecule has 0 aliphatic carbocycles. The Balaban J connectivity index is 1.78. The number of aromatic nitrogens is 4. The molecule has 152 valence electrons.